The van der Waals surface area contributed by atoms with Gasteiger partial charge in [0.2, 0.25) is 10.2 Å². The molecule has 4 aromatic rings. The van der Waals surface area contributed by atoms with Gasteiger partial charge in [0.1, 0.15) is 11.5 Å². The molecule has 0 aliphatic carbocycles. The molecule has 0 saturated heterocycles. The summed E-state index contributed by atoms with van der Waals surface area (Å²) in [7, 11) is 0. The molecular weight excluding hydrogens is 498 g/mol. The summed E-state index contributed by atoms with van der Waals surface area (Å²) in [6.07, 6.45) is -3.55. The Hall–Kier alpha value is -3.84. The summed E-state index contributed by atoms with van der Waals surface area (Å²) in [5.74, 6) is -1.25. The highest BCUT2D eigenvalue weighted by Gasteiger charge is 2.32. The van der Waals surface area contributed by atoms with E-state index in [2.05, 4.69) is 14.7 Å². The molecule has 13 heteroatoms. The molecule has 4 rings (SSSR count). The Morgan fingerprint density at radius 1 is 1.00 bits per heavy atom. The van der Waals surface area contributed by atoms with E-state index in [1.54, 1.807) is 0 Å². The molecule has 0 fully saturated rings. The first-order valence-corrected chi connectivity index (χ1v) is 10.9. The Kier molecular flexibility index (Phi) is 6.56. The maximum Gasteiger partial charge on any atom is 0.573 e. The van der Waals surface area contributed by atoms with Crippen molar-refractivity contribution in [2.45, 2.75) is 6.36 Å². The van der Waals surface area contributed by atoms with Crippen LogP contribution in [-0.4, -0.2) is 22.5 Å². The van der Waals surface area contributed by atoms with Crippen LogP contribution < -0.4 is 9.47 Å². The van der Waals surface area contributed by atoms with Crippen molar-refractivity contribution in [1.29, 1.82) is 0 Å². The van der Waals surface area contributed by atoms with Gasteiger partial charge in [-0.15, -0.1) is 13.2 Å². The lowest BCUT2D eigenvalue weighted by atomic mass is 10.2. The molecular formula is C21H11F4N3O4S2. The number of thiophene rings is 1. The Labute approximate surface area is 196 Å². The van der Waals surface area contributed by atoms with Gasteiger partial charge in [0.25, 0.3) is 0 Å². The van der Waals surface area contributed by atoms with Crippen LogP contribution >= 0.6 is 22.7 Å². The maximum atomic E-state index is 13.4. The number of para-hydroxylation sites is 2. The monoisotopic (exact) mass is 509 g/mol. The van der Waals surface area contributed by atoms with E-state index in [1.165, 1.54) is 60.8 Å². The average Bonchev–Trinajstić information content (AvgIpc) is 3.41. The fourth-order valence-electron chi connectivity index (χ4n) is 2.68. The second kappa shape index (κ2) is 9.57. The van der Waals surface area contributed by atoms with Gasteiger partial charge in [0, 0.05) is 17.8 Å². The Morgan fingerprint density at radius 2 is 1.71 bits per heavy atom. The second-order valence-electron chi connectivity index (χ2n) is 6.43. The standard InChI is InChI=1S/C21H11F4N3O4S2/c22-13-7-5-12(6-8-13)18-19(31-15-3-1-2-4-16(15)32-21(23,24)25)34-20(27-18)26-11-14-9-10-17(33-14)28(29)30/h1-11H/b26-11+. The molecule has 0 amide bonds. The van der Waals surface area contributed by atoms with Crippen LogP contribution in [0.4, 0.5) is 27.7 Å². The molecule has 0 bridgehead atoms. The predicted molar refractivity (Wildman–Crippen MR) is 119 cm³/mol. The summed E-state index contributed by atoms with van der Waals surface area (Å²) < 4.78 is 61.5. The Morgan fingerprint density at radius 3 is 2.35 bits per heavy atom. The largest absolute Gasteiger partial charge is 0.573 e. The third-order valence-electron chi connectivity index (χ3n) is 4.07. The number of aliphatic imine (C=N–C) groups is 1. The van der Waals surface area contributed by atoms with Crippen LogP contribution in [0.5, 0.6) is 16.6 Å². The van der Waals surface area contributed by atoms with Gasteiger partial charge >= 0.3 is 11.4 Å². The van der Waals surface area contributed by atoms with Crippen LogP contribution in [-0.2, 0) is 0 Å². The van der Waals surface area contributed by atoms with Crippen molar-refractivity contribution < 1.29 is 32.0 Å². The second-order valence-corrected chi connectivity index (χ2v) is 8.46. The molecule has 2 aromatic carbocycles. The minimum atomic E-state index is -4.92. The number of nitro groups is 1. The number of thiazole rings is 1. The molecule has 174 valence electrons. The minimum absolute atomic E-state index is 0.0575. The highest BCUT2D eigenvalue weighted by atomic mass is 32.1. The molecule has 34 heavy (non-hydrogen) atoms. The number of ether oxygens (including phenoxy) is 2. The lowest BCUT2D eigenvalue weighted by Gasteiger charge is -2.13. The minimum Gasteiger partial charge on any atom is -0.440 e. The SMILES string of the molecule is O=[N+]([O-])c1ccc(/C=N/c2nc(-c3ccc(F)cc3)c(Oc3ccccc3OC(F)(F)F)s2)s1. The van der Waals surface area contributed by atoms with Gasteiger partial charge in [-0.1, -0.05) is 34.8 Å². The van der Waals surface area contributed by atoms with Crippen molar-refractivity contribution in [3.05, 3.63) is 81.5 Å². The number of alkyl halides is 3. The molecule has 0 aliphatic rings. The number of hydrogen-bond donors (Lipinski definition) is 0. The van der Waals surface area contributed by atoms with Crippen molar-refractivity contribution in [2.24, 2.45) is 4.99 Å². The first kappa shape index (κ1) is 23.3. The van der Waals surface area contributed by atoms with E-state index in [4.69, 9.17) is 4.74 Å². The topological polar surface area (TPSA) is 86.9 Å². The lowest BCUT2D eigenvalue weighted by Crippen LogP contribution is -2.17. The fraction of sp³-hybridized carbons (Fsp3) is 0.0476. The van der Waals surface area contributed by atoms with Crippen LogP contribution in [0.3, 0.4) is 0 Å². The molecule has 2 aromatic heterocycles. The van der Waals surface area contributed by atoms with Crippen LogP contribution in [0.25, 0.3) is 11.3 Å². The van der Waals surface area contributed by atoms with Crippen molar-refractivity contribution >= 4 is 39.0 Å². The van der Waals surface area contributed by atoms with Crippen LogP contribution in [0.1, 0.15) is 4.88 Å². The van der Waals surface area contributed by atoms with Crippen LogP contribution in [0.15, 0.2) is 65.7 Å². The van der Waals surface area contributed by atoms with E-state index in [1.807, 2.05) is 0 Å². The Bertz CT molecular complexity index is 1350. The lowest BCUT2D eigenvalue weighted by molar-refractivity contribution is -0.380. The van der Waals surface area contributed by atoms with Gasteiger partial charge in [-0.2, -0.15) is 0 Å². The quantitative estimate of drug-likeness (QED) is 0.112. The van der Waals surface area contributed by atoms with Crippen LogP contribution in [0, 0.1) is 15.9 Å². The number of nitrogens with zero attached hydrogens (tertiary/aromatic N) is 3. The van der Waals surface area contributed by atoms with Crippen molar-refractivity contribution in [3.8, 4) is 27.8 Å². The van der Waals surface area contributed by atoms with Crippen molar-refractivity contribution in [1.82, 2.24) is 4.98 Å². The van der Waals surface area contributed by atoms with Gasteiger partial charge in [-0.25, -0.2) is 14.4 Å². The van der Waals surface area contributed by atoms with Crippen molar-refractivity contribution in [2.75, 3.05) is 0 Å². The molecule has 7 nitrogen and oxygen atoms in total. The molecule has 0 aliphatic heterocycles. The van der Waals surface area contributed by atoms with Gasteiger partial charge in [0.15, 0.2) is 11.5 Å². The zero-order valence-corrected chi connectivity index (χ0v) is 18.3. The predicted octanol–water partition coefficient (Wildman–Crippen LogP) is 7.36. The zero-order valence-electron chi connectivity index (χ0n) is 16.7. The highest BCUT2D eigenvalue weighted by Crippen LogP contribution is 2.44. The molecule has 2 heterocycles. The first-order chi connectivity index (χ1) is 16.2. The number of halogens is 4. The summed E-state index contributed by atoms with van der Waals surface area (Å²) in [5, 5.41) is 11.0. The summed E-state index contributed by atoms with van der Waals surface area (Å²) in [5.41, 5.74) is 0.659. The summed E-state index contributed by atoms with van der Waals surface area (Å²) >= 11 is 1.83. The summed E-state index contributed by atoms with van der Waals surface area (Å²) in [6, 6.07) is 13.4. The number of hydrogen-bond acceptors (Lipinski definition) is 8. The molecule has 0 unspecified atom stereocenters. The third-order valence-corrected chi connectivity index (χ3v) is 5.89. The summed E-state index contributed by atoms with van der Waals surface area (Å²) in [6.45, 7) is 0. The fourth-order valence-corrected chi connectivity index (χ4v) is 4.18. The smallest absolute Gasteiger partial charge is 0.440 e. The van der Waals surface area contributed by atoms with Crippen LogP contribution in [0.2, 0.25) is 0 Å². The molecule has 0 radical (unpaired) electrons. The molecule has 0 N–H and O–H groups in total. The number of aromatic nitrogens is 1. The van der Waals surface area contributed by atoms with Gasteiger partial charge in [-0.05, 0) is 42.5 Å². The van der Waals surface area contributed by atoms with Gasteiger partial charge in [-0.3, -0.25) is 10.1 Å². The van der Waals surface area contributed by atoms with E-state index in [-0.39, 0.29) is 26.6 Å². The van der Waals surface area contributed by atoms with E-state index < -0.39 is 22.9 Å². The van der Waals surface area contributed by atoms with Crippen molar-refractivity contribution in [3.63, 3.8) is 0 Å². The summed E-state index contributed by atoms with van der Waals surface area (Å²) in [4.78, 5) is 19.4. The molecule has 0 spiro atoms. The maximum absolute atomic E-state index is 13.4. The van der Waals surface area contributed by atoms with Gasteiger partial charge in [0.05, 0.1) is 9.80 Å². The molecule has 0 saturated carbocycles. The average molecular weight is 509 g/mol. The van der Waals surface area contributed by atoms with E-state index in [0.29, 0.717) is 10.4 Å². The zero-order chi connectivity index (χ0) is 24.3. The van der Waals surface area contributed by atoms with Gasteiger partial charge < -0.3 is 9.47 Å². The van der Waals surface area contributed by atoms with E-state index in [9.17, 15) is 27.7 Å². The normalized spacial score (nSPS) is 11.6. The Balaban J connectivity index is 1.70. The third kappa shape index (κ3) is 5.74. The first-order valence-electron chi connectivity index (χ1n) is 9.25. The number of benzene rings is 2. The van der Waals surface area contributed by atoms with E-state index >= 15 is 0 Å². The highest BCUT2D eigenvalue weighted by molar-refractivity contribution is 7.18. The number of rotatable bonds is 7. The van der Waals surface area contributed by atoms with E-state index in [0.717, 1.165) is 28.7 Å². The molecule has 0 atom stereocenters.